The molecule has 0 amide bonds. The van der Waals surface area contributed by atoms with E-state index < -0.39 is 0 Å². The average molecular weight is 212 g/mol. The van der Waals surface area contributed by atoms with Gasteiger partial charge in [0.1, 0.15) is 0 Å². The zero-order chi connectivity index (χ0) is 5.82. The summed E-state index contributed by atoms with van der Waals surface area (Å²) in [7, 11) is 0. The van der Waals surface area contributed by atoms with Crippen LogP contribution in [0.1, 0.15) is 0 Å². The monoisotopic (exact) mass is 213 g/mol. The number of aromatic nitrogens is 1. The molecule has 8 heavy (non-hydrogen) atoms. The minimum atomic E-state index is -0.206. The number of hydrogen-bond acceptors (Lipinski definition) is 1. The Morgan fingerprint density at radius 2 is 2.50 bits per heavy atom. The Kier molecular flexibility index (Phi) is 2.33. The van der Waals surface area contributed by atoms with E-state index in [0.29, 0.717) is 0 Å². The summed E-state index contributed by atoms with van der Waals surface area (Å²) >= 11 is -0.206. The SMILES string of the molecule is [CH3][Sn][c]1cccnc1. The summed E-state index contributed by atoms with van der Waals surface area (Å²) in [6.45, 7) is 0. The third kappa shape index (κ3) is 1.47. The van der Waals surface area contributed by atoms with Gasteiger partial charge in [0.15, 0.2) is 0 Å². The molecule has 0 spiro atoms. The molecule has 0 aliphatic rings. The summed E-state index contributed by atoms with van der Waals surface area (Å²) in [6, 6.07) is 4.15. The van der Waals surface area contributed by atoms with E-state index in [1.165, 1.54) is 3.58 Å². The van der Waals surface area contributed by atoms with Gasteiger partial charge in [-0.25, -0.2) is 0 Å². The average Bonchev–Trinajstić information content (AvgIpc) is 1.90. The molecular formula is C6H7NSn. The van der Waals surface area contributed by atoms with Crippen molar-refractivity contribution in [2.45, 2.75) is 4.94 Å². The van der Waals surface area contributed by atoms with Crippen LogP contribution in [0.2, 0.25) is 4.94 Å². The van der Waals surface area contributed by atoms with Gasteiger partial charge >= 0.3 is 59.2 Å². The molecule has 1 nitrogen and oxygen atoms in total. The Hall–Kier alpha value is -0.0513. The van der Waals surface area contributed by atoms with Crippen molar-refractivity contribution in [2.24, 2.45) is 0 Å². The van der Waals surface area contributed by atoms with E-state index in [1.807, 2.05) is 18.5 Å². The van der Waals surface area contributed by atoms with Gasteiger partial charge in [0.05, 0.1) is 0 Å². The van der Waals surface area contributed by atoms with Crippen LogP contribution in [0.4, 0.5) is 0 Å². The van der Waals surface area contributed by atoms with E-state index in [4.69, 9.17) is 0 Å². The van der Waals surface area contributed by atoms with E-state index in [-0.39, 0.29) is 21.1 Å². The van der Waals surface area contributed by atoms with E-state index in [0.717, 1.165) is 0 Å². The first-order valence-corrected chi connectivity index (χ1v) is 6.79. The van der Waals surface area contributed by atoms with Crippen LogP contribution < -0.4 is 3.58 Å². The van der Waals surface area contributed by atoms with Gasteiger partial charge in [-0.15, -0.1) is 0 Å². The normalized spacial score (nSPS) is 9.12. The molecule has 0 aliphatic carbocycles. The molecular weight excluding hydrogens is 205 g/mol. The third-order valence-electron chi connectivity index (χ3n) is 0.950. The van der Waals surface area contributed by atoms with Crippen LogP contribution in [0.5, 0.6) is 0 Å². The number of nitrogens with zero attached hydrogens (tertiary/aromatic N) is 1. The first kappa shape index (κ1) is 6.07. The molecule has 0 fully saturated rings. The maximum atomic E-state index is 4.00. The Balaban J connectivity index is 2.83. The van der Waals surface area contributed by atoms with Crippen LogP contribution in [0.3, 0.4) is 0 Å². The first-order valence-electron chi connectivity index (χ1n) is 2.51. The second-order valence-corrected chi connectivity index (χ2v) is 4.57. The van der Waals surface area contributed by atoms with Crippen LogP contribution in [-0.2, 0) is 0 Å². The van der Waals surface area contributed by atoms with Crippen molar-refractivity contribution in [1.82, 2.24) is 4.98 Å². The van der Waals surface area contributed by atoms with Crippen molar-refractivity contribution >= 4 is 24.7 Å². The summed E-state index contributed by atoms with van der Waals surface area (Å²) < 4.78 is 1.47. The van der Waals surface area contributed by atoms with E-state index >= 15 is 0 Å². The molecule has 1 aromatic heterocycles. The summed E-state index contributed by atoms with van der Waals surface area (Å²) in [5.74, 6) is 0. The van der Waals surface area contributed by atoms with Crippen LogP contribution >= 0.6 is 0 Å². The second kappa shape index (κ2) is 3.07. The Morgan fingerprint density at radius 1 is 1.62 bits per heavy atom. The molecule has 0 aliphatic heterocycles. The molecule has 0 bridgehead atoms. The van der Waals surface area contributed by atoms with Crippen molar-refractivity contribution in [3.8, 4) is 0 Å². The fraction of sp³-hybridized carbons (Fsp3) is 0.167. The number of pyridine rings is 1. The Bertz CT molecular complexity index is 150. The molecule has 0 saturated heterocycles. The fourth-order valence-electron chi connectivity index (χ4n) is 0.511. The summed E-state index contributed by atoms with van der Waals surface area (Å²) in [5.41, 5.74) is 0. The quantitative estimate of drug-likeness (QED) is 0.616. The zero-order valence-corrected chi connectivity index (χ0v) is 7.61. The van der Waals surface area contributed by atoms with Gasteiger partial charge in [0.25, 0.3) is 0 Å². The molecule has 2 heteroatoms. The van der Waals surface area contributed by atoms with E-state index in [9.17, 15) is 0 Å². The summed E-state index contributed by atoms with van der Waals surface area (Å²) in [5, 5.41) is 0. The van der Waals surface area contributed by atoms with Crippen LogP contribution in [-0.4, -0.2) is 26.1 Å². The van der Waals surface area contributed by atoms with Crippen molar-refractivity contribution in [2.75, 3.05) is 0 Å². The predicted molar refractivity (Wildman–Crippen MR) is 35.5 cm³/mol. The number of rotatable bonds is 1. The minimum absolute atomic E-state index is 0.206. The van der Waals surface area contributed by atoms with Crippen molar-refractivity contribution in [1.29, 1.82) is 0 Å². The van der Waals surface area contributed by atoms with Gasteiger partial charge in [-0.05, 0) is 0 Å². The molecule has 0 unspecified atom stereocenters. The van der Waals surface area contributed by atoms with Crippen molar-refractivity contribution in [3.05, 3.63) is 24.5 Å². The first-order chi connectivity index (χ1) is 3.93. The Labute approximate surface area is 59.4 Å². The third-order valence-corrected chi connectivity index (χ3v) is 3.44. The van der Waals surface area contributed by atoms with Crippen molar-refractivity contribution < 1.29 is 0 Å². The molecule has 40 valence electrons. The molecule has 0 N–H and O–H groups in total. The Morgan fingerprint density at radius 3 is 2.88 bits per heavy atom. The van der Waals surface area contributed by atoms with Gasteiger partial charge in [-0.3, -0.25) is 0 Å². The van der Waals surface area contributed by atoms with Gasteiger partial charge in [0, 0.05) is 0 Å². The predicted octanol–water partition coefficient (Wildman–Crippen LogP) is 0.459. The standard InChI is InChI=1S/C5H4N.CH3.Sn/c1-2-4-6-5-3-1;;/h1-2,4-5H;1H3;. The molecule has 2 radical (unpaired) electrons. The van der Waals surface area contributed by atoms with Gasteiger partial charge in [-0.1, -0.05) is 0 Å². The molecule has 1 heterocycles. The zero-order valence-electron chi connectivity index (χ0n) is 4.76. The molecule has 0 saturated carbocycles. The maximum absolute atomic E-state index is 4.00. The van der Waals surface area contributed by atoms with Crippen LogP contribution in [0.15, 0.2) is 24.5 Å². The second-order valence-electron chi connectivity index (χ2n) is 1.49. The fourth-order valence-corrected chi connectivity index (χ4v) is 1.84. The molecule has 0 atom stereocenters. The molecule has 1 rings (SSSR count). The summed E-state index contributed by atoms with van der Waals surface area (Å²) in [4.78, 5) is 6.29. The number of hydrogen-bond donors (Lipinski definition) is 0. The van der Waals surface area contributed by atoms with Gasteiger partial charge in [0.2, 0.25) is 0 Å². The van der Waals surface area contributed by atoms with E-state index in [2.05, 4.69) is 16.0 Å². The van der Waals surface area contributed by atoms with E-state index in [1.54, 1.807) is 0 Å². The van der Waals surface area contributed by atoms with Gasteiger partial charge in [-0.2, -0.15) is 0 Å². The molecule has 0 aromatic carbocycles. The topological polar surface area (TPSA) is 12.9 Å². The summed E-state index contributed by atoms with van der Waals surface area (Å²) in [6.07, 6.45) is 3.78. The van der Waals surface area contributed by atoms with Gasteiger partial charge < -0.3 is 0 Å². The van der Waals surface area contributed by atoms with Crippen LogP contribution in [0, 0.1) is 0 Å². The molecule has 1 aromatic rings. The van der Waals surface area contributed by atoms with Crippen LogP contribution in [0.25, 0.3) is 0 Å². The van der Waals surface area contributed by atoms with Crippen molar-refractivity contribution in [3.63, 3.8) is 0 Å².